The molecule has 3 rings (SSSR count). The maximum absolute atomic E-state index is 14.6. The lowest BCUT2D eigenvalue weighted by atomic mass is 9.90. The summed E-state index contributed by atoms with van der Waals surface area (Å²) in [5, 5.41) is 7.87. The number of rotatable bonds is 8. The molecule has 1 heterocycles. The minimum atomic E-state index is -0.738. The molecule has 0 spiro atoms. The van der Waals surface area contributed by atoms with Gasteiger partial charge in [0.15, 0.2) is 0 Å². The van der Waals surface area contributed by atoms with Crippen LogP contribution >= 0.6 is 0 Å². The summed E-state index contributed by atoms with van der Waals surface area (Å²) in [7, 11) is 4.85. The van der Waals surface area contributed by atoms with E-state index in [1.807, 2.05) is 31.2 Å². The highest BCUT2D eigenvalue weighted by Gasteiger charge is 2.21. The van der Waals surface area contributed by atoms with Gasteiger partial charge in [-0.2, -0.15) is 10.2 Å². The molecule has 0 amide bonds. The van der Waals surface area contributed by atoms with Crippen molar-refractivity contribution in [2.45, 2.75) is 20.3 Å². The number of nitrogens with two attached hydrogens (primary N) is 1. The molecule has 0 aliphatic heterocycles. The molecule has 1 aliphatic carbocycles. The maximum Gasteiger partial charge on any atom is 0.237 e. The summed E-state index contributed by atoms with van der Waals surface area (Å²) >= 11 is 0. The van der Waals surface area contributed by atoms with Crippen LogP contribution in [0, 0.1) is 11.6 Å². The zero-order chi connectivity index (χ0) is 26.2. The van der Waals surface area contributed by atoms with Crippen LogP contribution in [0.4, 0.5) is 20.2 Å². The molecule has 0 fully saturated rings. The minimum absolute atomic E-state index is 0.0769. The van der Waals surface area contributed by atoms with Crippen molar-refractivity contribution in [3.05, 3.63) is 88.8 Å². The molecule has 1 aliphatic rings. The van der Waals surface area contributed by atoms with E-state index in [1.54, 1.807) is 26.5 Å². The zero-order valence-corrected chi connectivity index (χ0v) is 21.1. The summed E-state index contributed by atoms with van der Waals surface area (Å²) in [6.45, 7) is 4.01. The summed E-state index contributed by atoms with van der Waals surface area (Å²) in [5.74, 6) is -1.15. The number of allylic oxidation sites excluding steroid dienone is 7. The van der Waals surface area contributed by atoms with Crippen molar-refractivity contribution in [3.8, 4) is 5.88 Å². The van der Waals surface area contributed by atoms with Crippen LogP contribution in [0.25, 0.3) is 5.57 Å². The number of azo groups is 1. The van der Waals surface area contributed by atoms with Crippen LogP contribution in [-0.4, -0.2) is 38.6 Å². The Bertz CT molecular complexity index is 1310. The van der Waals surface area contributed by atoms with Crippen molar-refractivity contribution < 1.29 is 13.5 Å². The first-order valence-electron chi connectivity index (χ1n) is 11.4. The van der Waals surface area contributed by atoms with Crippen LogP contribution in [-0.2, 0) is 0 Å². The van der Waals surface area contributed by atoms with Gasteiger partial charge in [-0.1, -0.05) is 13.0 Å². The van der Waals surface area contributed by atoms with Gasteiger partial charge in [0.25, 0.3) is 0 Å². The number of nitrogens with zero attached hydrogens (tertiary/aromatic N) is 5. The number of aromatic nitrogens is 1. The van der Waals surface area contributed by atoms with Crippen LogP contribution in [0.5, 0.6) is 5.88 Å². The third kappa shape index (κ3) is 5.63. The molecule has 1 aromatic carbocycles. The summed E-state index contributed by atoms with van der Waals surface area (Å²) in [5.41, 5.74) is 12.1. The topological polar surface area (TPSA) is 88.5 Å². The van der Waals surface area contributed by atoms with Crippen molar-refractivity contribution in [3.63, 3.8) is 0 Å². The molecule has 0 bridgehead atoms. The van der Waals surface area contributed by atoms with Crippen molar-refractivity contribution in [1.29, 1.82) is 0 Å². The standard InChI is InChI=1S/C27H30F2N6O/c1-6-18(15-34-32-4)17(2)22-11-19(7-9-24(22)31-3)20-12-26(27(36-5)33-14-20)35(16-30)25-10-8-21(28)13-23(25)29/h7-15H,6,16,30H2,1-5H3/b18-15+,22-17+,31-24?,34-32?. The highest BCUT2D eigenvalue weighted by Crippen LogP contribution is 2.36. The van der Waals surface area contributed by atoms with E-state index in [9.17, 15) is 8.78 Å². The van der Waals surface area contributed by atoms with Crippen LogP contribution in [0.1, 0.15) is 25.8 Å². The normalized spacial score (nSPS) is 16.5. The van der Waals surface area contributed by atoms with Gasteiger partial charge in [-0.25, -0.2) is 13.8 Å². The molecule has 9 heteroatoms. The lowest BCUT2D eigenvalue weighted by Crippen LogP contribution is -2.26. The molecule has 0 saturated heterocycles. The second-order valence-electron chi connectivity index (χ2n) is 7.86. The third-order valence-electron chi connectivity index (χ3n) is 5.87. The van der Waals surface area contributed by atoms with E-state index in [0.29, 0.717) is 5.69 Å². The van der Waals surface area contributed by atoms with Gasteiger partial charge in [-0.05, 0) is 60.4 Å². The predicted molar refractivity (Wildman–Crippen MR) is 141 cm³/mol. The number of hydrogen-bond donors (Lipinski definition) is 1. The number of aliphatic imine (C=N–C) groups is 1. The number of anilines is 2. The van der Waals surface area contributed by atoms with Crippen LogP contribution in [0.15, 0.2) is 86.8 Å². The van der Waals surface area contributed by atoms with E-state index >= 15 is 0 Å². The van der Waals surface area contributed by atoms with Gasteiger partial charge < -0.3 is 15.4 Å². The smallest absolute Gasteiger partial charge is 0.237 e. The van der Waals surface area contributed by atoms with E-state index in [-0.39, 0.29) is 18.2 Å². The van der Waals surface area contributed by atoms with Crippen molar-refractivity contribution in [2.24, 2.45) is 21.0 Å². The molecule has 0 unspecified atom stereocenters. The summed E-state index contributed by atoms with van der Waals surface area (Å²) < 4.78 is 33.6. The van der Waals surface area contributed by atoms with E-state index in [0.717, 1.165) is 46.1 Å². The Hall–Kier alpha value is -3.98. The van der Waals surface area contributed by atoms with E-state index in [4.69, 9.17) is 10.5 Å². The monoisotopic (exact) mass is 492 g/mol. The van der Waals surface area contributed by atoms with Crippen LogP contribution in [0.2, 0.25) is 0 Å². The quantitative estimate of drug-likeness (QED) is 0.354. The largest absolute Gasteiger partial charge is 0.480 e. The minimum Gasteiger partial charge on any atom is -0.480 e. The highest BCUT2D eigenvalue weighted by atomic mass is 19.1. The number of ether oxygens (including phenoxy) is 1. The number of halogens is 2. The third-order valence-corrected chi connectivity index (χ3v) is 5.87. The molecular weight excluding hydrogens is 462 g/mol. The Morgan fingerprint density at radius 1 is 1.17 bits per heavy atom. The first kappa shape index (κ1) is 26.6. The Morgan fingerprint density at radius 2 is 1.94 bits per heavy atom. The molecule has 7 nitrogen and oxygen atoms in total. The number of methoxy groups -OCH3 is 1. The second-order valence-corrected chi connectivity index (χ2v) is 7.86. The second kappa shape index (κ2) is 12.1. The lowest BCUT2D eigenvalue weighted by molar-refractivity contribution is 0.398. The fraction of sp³-hybridized carbons (Fsp3) is 0.259. The van der Waals surface area contributed by atoms with Crippen LogP contribution in [0.3, 0.4) is 0 Å². The van der Waals surface area contributed by atoms with E-state index < -0.39 is 11.6 Å². The molecule has 188 valence electrons. The Morgan fingerprint density at radius 3 is 2.56 bits per heavy atom. The SMILES string of the molecule is CCC(=C\N=NC)/C(C)=C1\C=C(c2cnc(OC)c(N(CN)c3ccc(F)cc3F)c2)C=CC1=NC. The van der Waals surface area contributed by atoms with Gasteiger partial charge in [0, 0.05) is 37.5 Å². The molecule has 0 atom stereocenters. The maximum atomic E-state index is 14.6. The molecular formula is C27H30F2N6O. The van der Waals surface area contributed by atoms with Crippen molar-refractivity contribution in [1.82, 2.24) is 4.98 Å². The average molecular weight is 493 g/mol. The Balaban J connectivity index is 2.15. The summed E-state index contributed by atoms with van der Waals surface area (Å²) in [6, 6.07) is 5.15. The van der Waals surface area contributed by atoms with Gasteiger partial charge in [0.05, 0.1) is 31.4 Å². The van der Waals surface area contributed by atoms with Gasteiger partial charge >= 0.3 is 0 Å². The molecule has 2 N–H and O–H groups in total. The first-order chi connectivity index (χ1) is 17.4. The Labute approximate surface area is 210 Å². The molecule has 2 aromatic rings. The van der Waals surface area contributed by atoms with E-state index in [2.05, 4.69) is 27.1 Å². The Kier molecular flexibility index (Phi) is 8.97. The fourth-order valence-corrected chi connectivity index (χ4v) is 3.94. The number of hydrogen-bond acceptors (Lipinski definition) is 7. The molecule has 36 heavy (non-hydrogen) atoms. The van der Waals surface area contributed by atoms with Crippen molar-refractivity contribution >= 4 is 22.7 Å². The van der Waals surface area contributed by atoms with Gasteiger partial charge in [0.1, 0.15) is 17.3 Å². The van der Waals surface area contributed by atoms with Gasteiger partial charge in [-0.15, -0.1) is 0 Å². The zero-order valence-electron chi connectivity index (χ0n) is 21.1. The summed E-state index contributed by atoms with van der Waals surface area (Å²) in [4.78, 5) is 10.4. The predicted octanol–water partition coefficient (Wildman–Crippen LogP) is 6.14. The molecule has 0 radical (unpaired) electrons. The molecule has 1 aromatic heterocycles. The van der Waals surface area contributed by atoms with Gasteiger partial charge in [0.2, 0.25) is 5.88 Å². The number of pyridine rings is 1. The highest BCUT2D eigenvalue weighted by molar-refractivity contribution is 6.15. The lowest BCUT2D eigenvalue weighted by Gasteiger charge is -2.25. The average Bonchev–Trinajstić information content (AvgIpc) is 2.90. The fourth-order valence-electron chi connectivity index (χ4n) is 3.94. The van der Waals surface area contributed by atoms with Crippen LogP contribution < -0.4 is 15.4 Å². The first-order valence-corrected chi connectivity index (χ1v) is 11.4. The van der Waals surface area contributed by atoms with Gasteiger partial charge in [-0.3, -0.25) is 4.99 Å². The van der Waals surface area contributed by atoms with Crippen molar-refractivity contribution in [2.75, 3.05) is 32.8 Å². The number of benzene rings is 1. The summed E-state index contributed by atoms with van der Waals surface area (Å²) in [6.07, 6.45) is 10.1. The van der Waals surface area contributed by atoms with E-state index in [1.165, 1.54) is 24.1 Å². The molecule has 0 saturated carbocycles.